The van der Waals surface area contributed by atoms with Crippen molar-refractivity contribution in [1.29, 1.82) is 0 Å². The molecule has 4 rings (SSSR count). The number of carbonyl (C=O) groups is 1. The highest BCUT2D eigenvalue weighted by Gasteiger charge is 2.13. The van der Waals surface area contributed by atoms with Gasteiger partial charge in [-0.25, -0.2) is 0 Å². The van der Waals surface area contributed by atoms with Crippen molar-refractivity contribution in [2.75, 3.05) is 27.1 Å². The second kappa shape index (κ2) is 7.84. The summed E-state index contributed by atoms with van der Waals surface area (Å²) in [5, 5.41) is 3.69. The predicted molar refractivity (Wildman–Crippen MR) is 103 cm³/mol. The first-order valence-corrected chi connectivity index (χ1v) is 8.66. The van der Waals surface area contributed by atoms with Gasteiger partial charge in [-0.1, -0.05) is 11.8 Å². The molecule has 0 saturated carbocycles. The smallest absolute Gasteiger partial charge is 0.268 e. The first-order valence-electron chi connectivity index (χ1n) is 8.66. The van der Waals surface area contributed by atoms with Crippen LogP contribution in [0.2, 0.25) is 0 Å². The molecule has 2 N–H and O–H groups in total. The fourth-order valence-corrected chi connectivity index (χ4v) is 2.77. The first kappa shape index (κ1) is 17.6. The monoisotopic (exact) mass is 378 g/mol. The number of nitrogens with one attached hydrogen (secondary N) is 2. The van der Waals surface area contributed by atoms with Crippen molar-refractivity contribution in [3.05, 3.63) is 48.2 Å². The molecule has 0 aliphatic carbocycles. The van der Waals surface area contributed by atoms with Gasteiger partial charge in [0.05, 0.1) is 13.7 Å². The Kier molecular flexibility index (Phi) is 4.93. The zero-order valence-corrected chi connectivity index (χ0v) is 15.2. The summed E-state index contributed by atoms with van der Waals surface area (Å²) in [7, 11) is 1.60. The Hall–Kier alpha value is -3.79. The Morgan fingerprint density at radius 1 is 1.11 bits per heavy atom. The number of hydrogen-bond acceptors (Lipinski definition) is 5. The van der Waals surface area contributed by atoms with Crippen molar-refractivity contribution >= 4 is 16.8 Å². The van der Waals surface area contributed by atoms with Gasteiger partial charge in [0.2, 0.25) is 6.79 Å². The number of fused-ring (bicyclic) bond motifs is 2. The van der Waals surface area contributed by atoms with Crippen LogP contribution < -0.4 is 24.3 Å². The largest absolute Gasteiger partial charge is 0.497 e. The number of ether oxygens (including phenoxy) is 4. The molecule has 28 heavy (non-hydrogen) atoms. The molecule has 2 aromatic carbocycles. The molecular formula is C21H18N2O5. The van der Waals surface area contributed by atoms with Crippen molar-refractivity contribution in [2.24, 2.45) is 0 Å². The van der Waals surface area contributed by atoms with Crippen LogP contribution in [0.15, 0.2) is 42.5 Å². The molecule has 142 valence electrons. The van der Waals surface area contributed by atoms with Gasteiger partial charge in [0.15, 0.2) is 11.5 Å². The first-order chi connectivity index (χ1) is 13.7. The molecule has 7 nitrogen and oxygen atoms in total. The van der Waals surface area contributed by atoms with Gasteiger partial charge < -0.3 is 29.2 Å². The van der Waals surface area contributed by atoms with E-state index in [1.807, 2.05) is 18.2 Å². The molecule has 2 heterocycles. The van der Waals surface area contributed by atoms with Crippen LogP contribution in [-0.4, -0.2) is 37.9 Å². The molecule has 0 spiro atoms. The quantitative estimate of drug-likeness (QED) is 0.667. The summed E-state index contributed by atoms with van der Waals surface area (Å²) >= 11 is 0. The average molecular weight is 378 g/mol. The van der Waals surface area contributed by atoms with Crippen molar-refractivity contribution in [3.63, 3.8) is 0 Å². The number of methoxy groups -OCH3 is 1. The zero-order chi connectivity index (χ0) is 19.3. The Labute approximate surface area is 161 Å². The predicted octanol–water partition coefficient (Wildman–Crippen LogP) is 2.72. The van der Waals surface area contributed by atoms with Crippen molar-refractivity contribution in [2.45, 2.75) is 0 Å². The number of rotatable bonds is 5. The van der Waals surface area contributed by atoms with Gasteiger partial charge in [0.1, 0.15) is 23.8 Å². The third-order valence-electron chi connectivity index (χ3n) is 4.19. The summed E-state index contributed by atoms with van der Waals surface area (Å²) in [5.41, 5.74) is 1.31. The van der Waals surface area contributed by atoms with Crippen LogP contribution in [0.1, 0.15) is 10.5 Å². The Bertz CT molecular complexity index is 1080. The molecule has 1 aliphatic rings. The van der Waals surface area contributed by atoms with Gasteiger partial charge in [0, 0.05) is 23.0 Å². The molecule has 0 fully saturated rings. The zero-order valence-electron chi connectivity index (χ0n) is 15.2. The molecule has 0 radical (unpaired) electrons. The summed E-state index contributed by atoms with van der Waals surface area (Å²) < 4.78 is 21.3. The van der Waals surface area contributed by atoms with Crippen LogP contribution in [-0.2, 0) is 0 Å². The second-order valence-electron chi connectivity index (χ2n) is 5.98. The van der Waals surface area contributed by atoms with E-state index in [0.717, 1.165) is 16.7 Å². The number of H-pyrrole nitrogens is 1. The number of hydrogen-bond donors (Lipinski definition) is 2. The normalized spacial score (nSPS) is 11.6. The SMILES string of the molecule is COc1ccc2cc(C(=O)NCC#CCOc3ccc4c(c3)OCO4)[nH]c2c1. The van der Waals surface area contributed by atoms with Gasteiger partial charge in [-0.15, -0.1) is 0 Å². The molecule has 3 aromatic rings. The van der Waals surface area contributed by atoms with Gasteiger partial charge in [-0.05, 0) is 30.3 Å². The van der Waals surface area contributed by atoms with Crippen molar-refractivity contribution in [3.8, 4) is 34.8 Å². The Morgan fingerprint density at radius 3 is 2.86 bits per heavy atom. The summed E-state index contributed by atoms with van der Waals surface area (Å²) in [5.74, 6) is 8.25. The third-order valence-corrected chi connectivity index (χ3v) is 4.19. The van der Waals surface area contributed by atoms with Crippen LogP contribution in [0.5, 0.6) is 23.0 Å². The lowest BCUT2D eigenvalue weighted by molar-refractivity contribution is 0.0954. The maximum Gasteiger partial charge on any atom is 0.268 e. The number of amides is 1. The van der Waals surface area contributed by atoms with Crippen LogP contribution in [0.25, 0.3) is 10.9 Å². The summed E-state index contributed by atoms with van der Waals surface area (Å²) in [6.45, 7) is 0.659. The van der Waals surface area contributed by atoms with E-state index in [2.05, 4.69) is 22.1 Å². The van der Waals surface area contributed by atoms with Crippen LogP contribution in [0.4, 0.5) is 0 Å². The molecular weight excluding hydrogens is 360 g/mol. The van der Waals surface area contributed by atoms with Gasteiger partial charge in [0.25, 0.3) is 5.91 Å². The fraction of sp³-hybridized carbons (Fsp3) is 0.190. The van der Waals surface area contributed by atoms with Crippen molar-refractivity contribution < 1.29 is 23.7 Å². The van der Waals surface area contributed by atoms with E-state index in [0.29, 0.717) is 22.9 Å². The number of aromatic nitrogens is 1. The highest BCUT2D eigenvalue weighted by Crippen LogP contribution is 2.34. The average Bonchev–Trinajstić information content (AvgIpc) is 3.35. The minimum absolute atomic E-state index is 0.210. The van der Waals surface area contributed by atoms with E-state index in [1.165, 1.54) is 0 Å². The highest BCUT2D eigenvalue weighted by molar-refractivity contribution is 5.98. The van der Waals surface area contributed by atoms with Gasteiger partial charge in [-0.3, -0.25) is 4.79 Å². The summed E-state index contributed by atoms with van der Waals surface area (Å²) in [6, 6.07) is 12.7. The number of carbonyl (C=O) groups excluding carboxylic acids is 1. The van der Waals surface area contributed by atoms with E-state index < -0.39 is 0 Å². The fourth-order valence-electron chi connectivity index (χ4n) is 2.77. The minimum atomic E-state index is -0.221. The highest BCUT2D eigenvalue weighted by atomic mass is 16.7. The van der Waals surface area contributed by atoms with E-state index in [9.17, 15) is 4.79 Å². The Morgan fingerprint density at radius 2 is 1.96 bits per heavy atom. The van der Waals surface area contributed by atoms with Crippen LogP contribution in [0, 0.1) is 11.8 Å². The van der Waals surface area contributed by atoms with Gasteiger partial charge >= 0.3 is 0 Å². The molecule has 0 saturated heterocycles. The topological polar surface area (TPSA) is 81.8 Å². The maximum atomic E-state index is 12.2. The molecule has 0 atom stereocenters. The molecule has 1 amide bonds. The molecule has 0 bridgehead atoms. The maximum absolute atomic E-state index is 12.2. The standard InChI is InChI=1S/C21H18N2O5/c1-25-15-5-4-14-10-18(23-17(14)11-15)21(24)22-8-2-3-9-26-16-6-7-19-20(12-16)28-13-27-19/h4-7,10-12,23H,8-9,13H2,1H3,(H,22,24). The van der Waals surface area contributed by atoms with Crippen molar-refractivity contribution in [1.82, 2.24) is 10.3 Å². The Balaban J connectivity index is 1.26. The number of benzene rings is 2. The van der Waals surface area contributed by atoms with Crippen LogP contribution >= 0.6 is 0 Å². The molecule has 7 heteroatoms. The molecule has 1 aromatic heterocycles. The summed E-state index contributed by atoms with van der Waals surface area (Å²) in [4.78, 5) is 15.3. The lowest BCUT2D eigenvalue weighted by Gasteiger charge is -2.02. The van der Waals surface area contributed by atoms with E-state index in [1.54, 1.807) is 31.4 Å². The third kappa shape index (κ3) is 3.81. The lowest BCUT2D eigenvalue weighted by Crippen LogP contribution is -2.23. The van der Waals surface area contributed by atoms with Gasteiger partial charge in [-0.2, -0.15) is 0 Å². The second-order valence-corrected chi connectivity index (χ2v) is 5.98. The van der Waals surface area contributed by atoms with E-state index in [4.69, 9.17) is 18.9 Å². The van der Waals surface area contributed by atoms with Crippen LogP contribution in [0.3, 0.4) is 0 Å². The van der Waals surface area contributed by atoms with E-state index in [-0.39, 0.29) is 25.9 Å². The summed E-state index contributed by atoms with van der Waals surface area (Å²) in [6.07, 6.45) is 0. The molecule has 1 aliphatic heterocycles. The lowest BCUT2D eigenvalue weighted by atomic mass is 10.2. The molecule has 0 unspecified atom stereocenters. The minimum Gasteiger partial charge on any atom is -0.497 e. The number of aromatic amines is 1. The van der Waals surface area contributed by atoms with E-state index >= 15 is 0 Å².